The van der Waals surface area contributed by atoms with Crippen molar-refractivity contribution in [3.05, 3.63) is 60.0 Å². The highest BCUT2D eigenvalue weighted by molar-refractivity contribution is 6.04. The Bertz CT molecular complexity index is 588. The van der Waals surface area contributed by atoms with Crippen LogP contribution >= 0.6 is 0 Å². The van der Waals surface area contributed by atoms with E-state index in [1.807, 2.05) is 0 Å². The molecule has 0 aromatic heterocycles. The summed E-state index contributed by atoms with van der Waals surface area (Å²) >= 11 is 0. The van der Waals surface area contributed by atoms with Crippen LogP contribution in [0.3, 0.4) is 0 Å². The maximum absolute atomic E-state index is 12.9. The Labute approximate surface area is 114 Å². The first kappa shape index (κ1) is 14.1. The number of aliphatic hydroxyl groups is 1. The zero-order valence-corrected chi connectivity index (χ0v) is 10.5. The third kappa shape index (κ3) is 2.67. The topological polar surface area (TPSA) is 74.6 Å². The van der Waals surface area contributed by atoms with Gasteiger partial charge in [0.25, 0.3) is 0 Å². The van der Waals surface area contributed by atoms with Gasteiger partial charge >= 0.3 is 5.97 Å². The Morgan fingerprint density at radius 1 is 1.20 bits per heavy atom. The van der Waals surface area contributed by atoms with Crippen LogP contribution in [0.1, 0.15) is 16.8 Å². The van der Waals surface area contributed by atoms with Gasteiger partial charge in [-0.25, -0.2) is 4.39 Å². The van der Waals surface area contributed by atoms with E-state index in [0.29, 0.717) is 0 Å². The molecule has 0 bridgehead atoms. The Hall–Kier alpha value is -2.27. The van der Waals surface area contributed by atoms with Crippen LogP contribution in [0, 0.1) is 11.7 Å². The molecule has 0 heterocycles. The van der Waals surface area contributed by atoms with Crippen molar-refractivity contribution in [1.82, 2.24) is 0 Å². The number of halogens is 1. The highest BCUT2D eigenvalue weighted by Gasteiger charge is 2.42. The first-order valence-electron chi connectivity index (χ1n) is 6.04. The van der Waals surface area contributed by atoms with Crippen molar-refractivity contribution in [2.75, 3.05) is 0 Å². The number of carbonyl (C=O) groups is 2. The fourth-order valence-electron chi connectivity index (χ4n) is 2.16. The Morgan fingerprint density at radius 3 is 2.45 bits per heavy atom. The second-order valence-corrected chi connectivity index (χ2v) is 4.61. The Morgan fingerprint density at radius 2 is 1.85 bits per heavy atom. The first-order chi connectivity index (χ1) is 9.43. The summed E-state index contributed by atoms with van der Waals surface area (Å²) in [6, 6.07) is 4.76. The van der Waals surface area contributed by atoms with Crippen molar-refractivity contribution in [3.63, 3.8) is 0 Å². The molecule has 1 aliphatic carbocycles. The van der Waals surface area contributed by atoms with E-state index < -0.39 is 29.1 Å². The number of hydrogen-bond donors (Lipinski definition) is 2. The number of ketones is 1. The van der Waals surface area contributed by atoms with Crippen LogP contribution < -0.4 is 0 Å². The van der Waals surface area contributed by atoms with Gasteiger partial charge in [-0.05, 0) is 30.3 Å². The summed E-state index contributed by atoms with van der Waals surface area (Å²) in [7, 11) is 0. The molecule has 0 amide bonds. The maximum atomic E-state index is 12.9. The molecule has 0 saturated carbocycles. The van der Waals surface area contributed by atoms with Crippen molar-refractivity contribution >= 4 is 11.8 Å². The summed E-state index contributed by atoms with van der Waals surface area (Å²) in [5, 5.41) is 19.4. The molecule has 2 unspecified atom stereocenters. The van der Waals surface area contributed by atoms with Gasteiger partial charge in [-0.1, -0.05) is 18.2 Å². The fraction of sp³-hybridized carbons (Fsp3) is 0.200. The highest BCUT2D eigenvalue weighted by atomic mass is 19.1. The predicted molar refractivity (Wildman–Crippen MR) is 69.7 cm³/mol. The maximum Gasteiger partial charge on any atom is 0.304 e. The zero-order chi connectivity index (χ0) is 14.8. The van der Waals surface area contributed by atoms with E-state index >= 15 is 0 Å². The molecule has 0 saturated heterocycles. The van der Waals surface area contributed by atoms with E-state index in [9.17, 15) is 19.1 Å². The van der Waals surface area contributed by atoms with Crippen LogP contribution in [0.25, 0.3) is 0 Å². The van der Waals surface area contributed by atoms with E-state index in [1.54, 1.807) is 6.08 Å². The molecule has 1 aromatic rings. The molecule has 4 nitrogen and oxygen atoms in total. The van der Waals surface area contributed by atoms with Crippen LogP contribution in [0.2, 0.25) is 0 Å². The minimum Gasteiger partial charge on any atom is -0.481 e. The van der Waals surface area contributed by atoms with Crippen molar-refractivity contribution in [1.29, 1.82) is 0 Å². The number of allylic oxidation sites excluding steroid dienone is 2. The van der Waals surface area contributed by atoms with Crippen molar-refractivity contribution in [2.45, 2.75) is 12.0 Å². The number of carbonyl (C=O) groups excluding carboxylic acids is 1. The molecule has 1 aromatic carbocycles. The molecule has 2 atom stereocenters. The summed E-state index contributed by atoms with van der Waals surface area (Å²) in [5.41, 5.74) is -1.80. The van der Waals surface area contributed by atoms with Gasteiger partial charge in [0.1, 0.15) is 5.82 Å². The number of carboxylic acids is 1. The Kier molecular flexibility index (Phi) is 3.81. The van der Waals surface area contributed by atoms with Gasteiger partial charge in [0.15, 0.2) is 11.4 Å². The number of carboxylic acid groups (broad SMARTS) is 1. The van der Waals surface area contributed by atoms with E-state index in [1.165, 1.54) is 30.4 Å². The number of hydrogen-bond acceptors (Lipinski definition) is 3. The first-order valence-corrected chi connectivity index (χ1v) is 6.04. The molecule has 2 N–H and O–H groups in total. The average Bonchev–Trinajstić information content (AvgIpc) is 2.41. The third-order valence-electron chi connectivity index (χ3n) is 3.23. The van der Waals surface area contributed by atoms with Gasteiger partial charge < -0.3 is 10.2 Å². The van der Waals surface area contributed by atoms with Gasteiger partial charge in [0.05, 0.1) is 6.42 Å². The van der Waals surface area contributed by atoms with E-state index in [2.05, 4.69) is 0 Å². The van der Waals surface area contributed by atoms with E-state index in [4.69, 9.17) is 5.11 Å². The van der Waals surface area contributed by atoms with Crippen LogP contribution in [0.15, 0.2) is 48.6 Å². The molecule has 104 valence electrons. The van der Waals surface area contributed by atoms with Gasteiger partial charge in [-0.2, -0.15) is 0 Å². The van der Waals surface area contributed by atoms with Gasteiger partial charge in [-0.15, -0.1) is 0 Å². The fourth-order valence-corrected chi connectivity index (χ4v) is 2.16. The largest absolute Gasteiger partial charge is 0.481 e. The molecule has 1 aliphatic rings. The summed E-state index contributed by atoms with van der Waals surface area (Å²) in [4.78, 5) is 23.2. The van der Waals surface area contributed by atoms with Gasteiger partial charge in [-0.3, -0.25) is 9.59 Å². The van der Waals surface area contributed by atoms with E-state index in [-0.39, 0.29) is 12.0 Å². The average molecular weight is 276 g/mol. The van der Waals surface area contributed by atoms with Crippen LogP contribution in [-0.2, 0) is 4.79 Å². The molecular weight excluding hydrogens is 263 g/mol. The summed E-state index contributed by atoms with van der Waals surface area (Å²) in [5.74, 6) is -3.11. The molecule has 0 radical (unpaired) electrons. The molecule has 5 heteroatoms. The van der Waals surface area contributed by atoms with Crippen LogP contribution in [-0.4, -0.2) is 27.6 Å². The minimum absolute atomic E-state index is 0.129. The van der Waals surface area contributed by atoms with Crippen molar-refractivity contribution < 1.29 is 24.2 Å². The SMILES string of the molecule is O=C(O)CC1C=CC=CC1(O)C(=O)c1ccc(F)cc1. The number of aliphatic carboxylic acids is 1. The standard InChI is InChI=1S/C15H13FO4/c16-12-6-4-10(5-7-12)14(19)15(20)8-2-1-3-11(15)9-13(17)18/h1-8,11,20H,9H2,(H,17,18). The molecule has 2 rings (SSSR count). The molecule has 0 aliphatic heterocycles. The third-order valence-corrected chi connectivity index (χ3v) is 3.23. The Balaban J connectivity index is 2.34. The second-order valence-electron chi connectivity index (χ2n) is 4.61. The quantitative estimate of drug-likeness (QED) is 0.824. The lowest BCUT2D eigenvalue weighted by Gasteiger charge is -2.31. The highest BCUT2D eigenvalue weighted by Crippen LogP contribution is 2.31. The molecular formula is C15H13FO4. The van der Waals surface area contributed by atoms with Crippen molar-refractivity contribution in [3.8, 4) is 0 Å². The summed E-state index contributed by atoms with van der Waals surface area (Å²) < 4.78 is 12.9. The lowest BCUT2D eigenvalue weighted by Crippen LogP contribution is -2.45. The van der Waals surface area contributed by atoms with E-state index in [0.717, 1.165) is 12.1 Å². The van der Waals surface area contributed by atoms with Crippen LogP contribution in [0.5, 0.6) is 0 Å². The van der Waals surface area contributed by atoms with Gasteiger partial charge in [0.2, 0.25) is 0 Å². The van der Waals surface area contributed by atoms with Crippen LogP contribution in [0.4, 0.5) is 4.39 Å². The normalized spacial score (nSPS) is 24.6. The number of benzene rings is 1. The summed E-state index contributed by atoms with van der Waals surface area (Å²) in [6.45, 7) is 0. The summed E-state index contributed by atoms with van der Waals surface area (Å²) in [6.07, 6.45) is 5.45. The van der Waals surface area contributed by atoms with Gasteiger partial charge in [0, 0.05) is 11.5 Å². The number of rotatable bonds is 4. The predicted octanol–water partition coefficient (Wildman–Crippen LogP) is 1.96. The lowest BCUT2D eigenvalue weighted by molar-refractivity contribution is -0.138. The molecule has 20 heavy (non-hydrogen) atoms. The molecule has 0 spiro atoms. The smallest absolute Gasteiger partial charge is 0.304 e. The lowest BCUT2D eigenvalue weighted by atomic mass is 9.77. The monoisotopic (exact) mass is 276 g/mol. The minimum atomic E-state index is -1.93. The number of Topliss-reactive ketones (excluding diaryl/α,β-unsaturated/α-hetero) is 1. The van der Waals surface area contributed by atoms with Crippen molar-refractivity contribution in [2.24, 2.45) is 5.92 Å². The molecule has 0 fully saturated rings. The second kappa shape index (κ2) is 5.38. The zero-order valence-electron chi connectivity index (χ0n) is 10.5.